The predicted molar refractivity (Wildman–Crippen MR) is 105 cm³/mol. The van der Waals surface area contributed by atoms with Crippen molar-refractivity contribution in [3.05, 3.63) is 71.7 Å². The molecule has 0 saturated carbocycles. The summed E-state index contributed by atoms with van der Waals surface area (Å²) in [6, 6.07) is 12.2. The SMILES string of the molecule is CC1(CC(O)(Cc2ccnc3ccccc23)C(F)(F)F)CCOc2ccc(F)cc21. The second-order valence-corrected chi connectivity index (χ2v) is 8.17. The molecule has 30 heavy (non-hydrogen) atoms. The topological polar surface area (TPSA) is 42.4 Å². The van der Waals surface area contributed by atoms with Crippen LogP contribution in [0.25, 0.3) is 10.9 Å². The molecule has 0 radical (unpaired) electrons. The molecule has 4 rings (SSSR count). The van der Waals surface area contributed by atoms with E-state index < -0.39 is 35.9 Å². The Morgan fingerprint density at radius 3 is 2.67 bits per heavy atom. The van der Waals surface area contributed by atoms with E-state index in [0.29, 0.717) is 27.8 Å². The van der Waals surface area contributed by atoms with Gasteiger partial charge in [-0.05, 0) is 48.7 Å². The molecule has 3 nitrogen and oxygen atoms in total. The minimum absolute atomic E-state index is 0.196. The summed E-state index contributed by atoms with van der Waals surface area (Å²) in [5.41, 5.74) is -2.86. The van der Waals surface area contributed by atoms with Gasteiger partial charge in [-0.25, -0.2) is 4.39 Å². The number of rotatable bonds is 4. The fourth-order valence-electron chi connectivity index (χ4n) is 4.34. The van der Waals surface area contributed by atoms with Crippen LogP contribution in [0.2, 0.25) is 0 Å². The average molecular weight is 419 g/mol. The lowest BCUT2D eigenvalue weighted by Crippen LogP contribution is -2.52. The maximum atomic E-state index is 14.2. The summed E-state index contributed by atoms with van der Waals surface area (Å²) < 4.78 is 62.0. The standard InChI is InChI=1S/C23H21F4NO2/c1-21(9-11-30-20-7-6-16(24)12-18(20)21)14-22(29,23(25,26)27)13-15-8-10-28-19-5-3-2-4-17(15)19/h2-8,10,12,29H,9,11,13-14H2,1H3. The highest BCUT2D eigenvalue weighted by molar-refractivity contribution is 5.81. The zero-order chi connectivity index (χ0) is 21.6. The molecule has 2 heterocycles. The van der Waals surface area contributed by atoms with Crippen molar-refractivity contribution in [1.29, 1.82) is 0 Å². The highest BCUT2D eigenvalue weighted by Gasteiger charge is 2.57. The molecule has 0 fully saturated rings. The number of pyridine rings is 1. The van der Waals surface area contributed by atoms with Crippen LogP contribution in [-0.2, 0) is 11.8 Å². The highest BCUT2D eigenvalue weighted by atomic mass is 19.4. The Kier molecular flexibility index (Phi) is 4.97. The molecule has 2 aromatic carbocycles. The van der Waals surface area contributed by atoms with Gasteiger partial charge in [0.15, 0.2) is 5.60 Å². The van der Waals surface area contributed by atoms with Gasteiger partial charge < -0.3 is 9.84 Å². The number of aromatic nitrogens is 1. The lowest BCUT2D eigenvalue weighted by atomic mass is 9.69. The van der Waals surface area contributed by atoms with E-state index in [-0.39, 0.29) is 13.0 Å². The number of alkyl halides is 3. The van der Waals surface area contributed by atoms with E-state index in [9.17, 15) is 22.7 Å². The van der Waals surface area contributed by atoms with E-state index >= 15 is 0 Å². The number of nitrogens with zero attached hydrogens (tertiary/aromatic N) is 1. The molecule has 158 valence electrons. The van der Waals surface area contributed by atoms with Gasteiger partial charge in [-0.15, -0.1) is 0 Å². The van der Waals surface area contributed by atoms with Crippen LogP contribution in [0.1, 0.15) is 30.9 Å². The summed E-state index contributed by atoms with van der Waals surface area (Å²) in [6.45, 7) is 1.82. The molecule has 1 aromatic heterocycles. The van der Waals surface area contributed by atoms with Gasteiger partial charge in [-0.1, -0.05) is 25.1 Å². The molecule has 0 spiro atoms. The molecule has 1 N–H and O–H groups in total. The third-order valence-corrected chi connectivity index (χ3v) is 5.94. The number of aliphatic hydroxyl groups is 1. The second-order valence-electron chi connectivity index (χ2n) is 8.17. The molecule has 1 aliphatic heterocycles. The highest BCUT2D eigenvalue weighted by Crippen LogP contribution is 2.48. The zero-order valence-electron chi connectivity index (χ0n) is 16.3. The summed E-state index contributed by atoms with van der Waals surface area (Å²) in [7, 11) is 0. The van der Waals surface area contributed by atoms with Gasteiger partial charge in [0.2, 0.25) is 0 Å². The number of ether oxygens (including phenoxy) is 1. The molecule has 2 atom stereocenters. The molecule has 0 aliphatic carbocycles. The Bertz CT molecular complexity index is 1080. The number of fused-ring (bicyclic) bond motifs is 2. The minimum atomic E-state index is -4.88. The van der Waals surface area contributed by atoms with Gasteiger partial charge in [0, 0.05) is 29.0 Å². The number of benzene rings is 2. The second kappa shape index (κ2) is 7.23. The maximum absolute atomic E-state index is 14.2. The molecule has 0 amide bonds. The van der Waals surface area contributed by atoms with Crippen LogP contribution in [0.5, 0.6) is 5.75 Å². The van der Waals surface area contributed by atoms with Crippen LogP contribution in [0, 0.1) is 5.82 Å². The van der Waals surface area contributed by atoms with E-state index in [1.165, 1.54) is 30.5 Å². The summed E-state index contributed by atoms with van der Waals surface area (Å²) in [6.07, 6.45) is -4.44. The van der Waals surface area contributed by atoms with Crippen molar-refractivity contribution in [2.45, 2.75) is 43.4 Å². The van der Waals surface area contributed by atoms with E-state index in [1.807, 2.05) is 0 Å². The lowest BCUT2D eigenvalue weighted by Gasteiger charge is -2.42. The molecule has 0 bridgehead atoms. The van der Waals surface area contributed by atoms with Crippen molar-refractivity contribution in [2.75, 3.05) is 6.61 Å². The normalized spacial score (nSPS) is 21.0. The van der Waals surface area contributed by atoms with Crippen molar-refractivity contribution in [1.82, 2.24) is 4.98 Å². The van der Waals surface area contributed by atoms with E-state index in [1.54, 1.807) is 31.2 Å². The Hall–Kier alpha value is -2.67. The maximum Gasteiger partial charge on any atom is 0.417 e. The average Bonchev–Trinajstić information content (AvgIpc) is 2.68. The minimum Gasteiger partial charge on any atom is -0.493 e. The van der Waals surface area contributed by atoms with Gasteiger partial charge in [0.05, 0.1) is 12.1 Å². The molecule has 0 saturated heterocycles. The van der Waals surface area contributed by atoms with Crippen molar-refractivity contribution < 1.29 is 27.4 Å². The Morgan fingerprint density at radius 1 is 1.13 bits per heavy atom. The van der Waals surface area contributed by atoms with Crippen LogP contribution in [-0.4, -0.2) is 28.5 Å². The van der Waals surface area contributed by atoms with Crippen molar-refractivity contribution >= 4 is 10.9 Å². The van der Waals surface area contributed by atoms with Crippen LogP contribution in [0.15, 0.2) is 54.7 Å². The molecular formula is C23H21F4NO2. The fraction of sp³-hybridized carbons (Fsp3) is 0.348. The third kappa shape index (κ3) is 3.62. The zero-order valence-corrected chi connectivity index (χ0v) is 16.3. The van der Waals surface area contributed by atoms with E-state index in [4.69, 9.17) is 4.74 Å². The number of hydrogen-bond donors (Lipinski definition) is 1. The number of halogens is 4. The van der Waals surface area contributed by atoms with Crippen LogP contribution < -0.4 is 4.74 Å². The number of hydrogen-bond acceptors (Lipinski definition) is 3. The Labute approximate surface area is 171 Å². The van der Waals surface area contributed by atoms with Crippen LogP contribution in [0.3, 0.4) is 0 Å². The Balaban J connectivity index is 1.76. The first-order valence-electron chi connectivity index (χ1n) is 9.66. The van der Waals surface area contributed by atoms with Gasteiger partial charge in [0.1, 0.15) is 11.6 Å². The lowest BCUT2D eigenvalue weighted by molar-refractivity contribution is -0.267. The monoisotopic (exact) mass is 419 g/mol. The first kappa shape index (κ1) is 20.6. The molecule has 3 aromatic rings. The van der Waals surface area contributed by atoms with Crippen LogP contribution >= 0.6 is 0 Å². The van der Waals surface area contributed by atoms with Crippen molar-refractivity contribution in [3.8, 4) is 5.75 Å². The van der Waals surface area contributed by atoms with Crippen molar-refractivity contribution in [2.24, 2.45) is 0 Å². The molecule has 7 heteroatoms. The Morgan fingerprint density at radius 2 is 1.90 bits per heavy atom. The summed E-state index contributed by atoms with van der Waals surface area (Å²) in [4.78, 5) is 4.18. The van der Waals surface area contributed by atoms with Crippen LogP contribution in [0.4, 0.5) is 17.6 Å². The van der Waals surface area contributed by atoms with Gasteiger partial charge in [-0.2, -0.15) is 13.2 Å². The summed E-state index contributed by atoms with van der Waals surface area (Å²) in [5, 5.41) is 11.6. The predicted octanol–water partition coefficient (Wildman–Crippen LogP) is 5.34. The smallest absolute Gasteiger partial charge is 0.417 e. The summed E-state index contributed by atoms with van der Waals surface area (Å²) >= 11 is 0. The fourth-order valence-corrected chi connectivity index (χ4v) is 4.34. The molecule has 1 aliphatic rings. The summed E-state index contributed by atoms with van der Waals surface area (Å²) in [5.74, 6) is -0.204. The van der Waals surface area contributed by atoms with Gasteiger partial charge >= 0.3 is 6.18 Å². The molecule has 2 unspecified atom stereocenters. The van der Waals surface area contributed by atoms with E-state index in [2.05, 4.69) is 4.98 Å². The third-order valence-electron chi connectivity index (χ3n) is 5.94. The largest absolute Gasteiger partial charge is 0.493 e. The van der Waals surface area contributed by atoms with Crippen molar-refractivity contribution in [3.63, 3.8) is 0 Å². The molecular weight excluding hydrogens is 398 g/mol. The van der Waals surface area contributed by atoms with Gasteiger partial charge in [0.25, 0.3) is 0 Å². The first-order chi connectivity index (χ1) is 14.1. The quantitative estimate of drug-likeness (QED) is 0.581. The number of para-hydroxylation sites is 1. The van der Waals surface area contributed by atoms with E-state index in [0.717, 1.165) is 0 Å². The van der Waals surface area contributed by atoms with Gasteiger partial charge in [-0.3, -0.25) is 4.98 Å². The first-order valence-corrected chi connectivity index (χ1v) is 9.66.